The van der Waals surface area contributed by atoms with Crippen molar-refractivity contribution in [3.63, 3.8) is 0 Å². The minimum atomic E-state index is -0.609. The number of nitrogens with one attached hydrogen (secondary N) is 2. The molecule has 2 N–H and O–H groups in total. The molecule has 0 bridgehead atoms. The fraction of sp³-hybridized carbons (Fsp3) is 0.316. The van der Waals surface area contributed by atoms with Gasteiger partial charge in [0.25, 0.3) is 5.91 Å². The smallest absolute Gasteiger partial charge is 0.341 e. The van der Waals surface area contributed by atoms with Gasteiger partial charge in [-0.2, -0.15) is 0 Å². The Labute approximate surface area is 159 Å². The van der Waals surface area contributed by atoms with Crippen LogP contribution < -0.4 is 10.6 Å². The van der Waals surface area contributed by atoms with Gasteiger partial charge in [0.15, 0.2) is 0 Å². The molecule has 0 atom stereocenters. The van der Waals surface area contributed by atoms with Gasteiger partial charge >= 0.3 is 5.97 Å². The number of hydrogen-bond donors (Lipinski definition) is 2. The zero-order chi connectivity index (χ0) is 19.6. The van der Waals surface area contributed by atoms with Gasteiger partial charge in [-0.3, -0.25) is 9.59 Å². The van der Waals surface area contributed by atoms with E-state index in [2.05, 4.69) is 10.6 Å². The van der Waals surface area contributed by atoms with Crippen molar-refractivity contribution in [2.45, 2.75) is 26.7 Å². The standard InChI is InChI=1S/C19H19FN2O4S/c1-3-26-19(25)14-10(2)15(27-18(14)22-16(23)11-8-9-11)17(24)21-13-7-5-4-6-12(13)20/h4-7,11H,3,8-9H2,1-2H3,(H,21,24)(H,22,23). The van der Waals surface area contributed by atoms with Crippen molar-refractivity contribution >= 4 is 39.8 Å². The number of benzene rings is 1. The minimum absolute atomic E-state index is 0.0385. The van der Waals surface area contributed by atoms with E-state index < -0.39 is 17.7 Å². The van der Waals surface area contributed by atoms with Crippen LogP contribution in [-0.2, 0) is 9.53 Å². The van der Waals surface area contributed by atoms with Crippen LogP contribution in [0.2, 0.25) is 0 Å². The average Bonchev–Trinajstić information content (AvgIpc) is 3.42. The highest BCUT2D eigenvalue weighted by Gasteiger charge is 2.33. The van der Waals surface area contributed by atoms with Crippen LogP contribution in [0.4, 0.5) is 15.1 Å². The van der Waals surface area contributed by atoms with E-state index in [0.29, 0.717) is 5.56 Å². The van der Waals surface area contributed by atoms with Gasteiger partial charge in [0.2, 0.25) is 5.91 Å². The van der Waals surface area contributed by atoms with Gasteiger partial charge in [-0.1, -0.05) is 12.1 Å². The summed E-state index contributed by atoms with van der Waals surface area (Å²) in [6.07, 6.45) is 1.62. The molecule has 0 saturated heterocycles. The second-order valence-corrected chi connectivity index (χ2v) is 7.20. The first-order valence-corrected chi connectivity index (χ1v) is 9.41. The second-order valence-electron chi connectivity index (χ2n) is 6.18. The van der Waals surface area contributed by atoms with E-state index >= 15 is 0 Å². The molecule has 6 nitrogen and oxygen atoms in total. The van der Waals surface area contributed by atoms with Crippen LogP contribution in [0.25, 0.3) is 0 Å². The third-order valence-corrected chi connectivity index (χ3v) is 5.35. The molecule has 1 fully saturated rings. The fourth-order valence-corrected chi connectivity index (χ4v) is 3.66. The molecule has 2 amide bonds. The predicted octanol–water partition coefficient (Wildman–Crippen LogP) is 3.97. The Morgan fingerprint density at radius 1 is 1.22 bits per heavy atom. The van der Waals surface area contributed by atoms with Gasteiger partial charge in [0.1, 0.15) is 10.8 Å². The van der Waals surface area contributed by atoms with Gasteiger partial charge in [0.05, 0.1) is 22.7 Å². The van der Waals surface area contributed by atoms with Crippen LogP contribution in [0.1, 0.15) is 45.4 Å². The number of hydrogen-bond acceptors (Lipinski definition) is 5. The number of para-hydroxylation sites is 1. The number of amides is 2. The van der Waals surface area contributed by atoms with Crippen LogP contribution in [0.15, 0.2) is 24.3 Å². The molecule has 1 aliphatic rings. The van der Waals surface area contributed by atoms with Crippen LogP contribution in [0.3, 0.4) is 0 Å². The lowest BCUT2D eigenvalue weighted by Gasteiger charge is -2.06. The highest BCUT2D eigenvalue weighted by Crippen LogP contribution is 2.37. The lowest BCUT2D eigenvalue weighted by Crippen LogP contribution is -2.16. The van der Waals surface area contributed by atoms with Crippen molar-refractivity contribution in [1.82, 2.24) is 0 Å². The summed E-state index contributed by atoms with van der Waals surface area (Å²) in [4.78, 5) is 37.3. The molecule has 1 aromatic carbocycles. The Morgan fingerprint density at radius 2 is 1.93 bits per heavy atom. The molecule has 0 spiro atoms. The van der Waals surface area contributed by atoms with Crippen molar-refractivity contribution in [3.05, 3.63) is 46.1 Å². The fourth-order valence-electron chi connectivity index (χ4n) is 2.57. The summed E-state index contributed by atoms with van der Waals surface area (Å²) in [6, 6.07) is 5.80. The molecule has 0 aliphatic heterocycles. The zero-order valence-electron chi connectivity index (χ0n) is 14.9. The van der Waals surface area contributed by atoms with Crippen LogP contribution >= 0.6 is 11.3 Å². The van der Waals surface area contributed by atoms with E-state index in [0.717, 1.165) is 24.2 Å². The monoisotopic (exact) mass is 390 g/mol. The lowest BCUT2D eigenvalue weighted by molar-refractivity contribution is -0.117. The third-order valence-electron chi connectivity index (χ3n) is 4.14. The Bertz CT molecular complexity index is 905. The highest BCUT2D eigenvalue weighted by molar-refractivity contribution is 7.19. The van der Waals surface area contributed by atoms with Gasteiger partial charge in [-0.15, -0.1) is 11.3 Å². The summed E-state index contributed by atoms with van der Waals surface area (Å²) in [6.45, 7) is 3.44. The molecule has 3 rings (SSSR count). The molecular formula is C19H19FN2O4S. The first-order valence-electron chi connectivity index (χ1n) is 8.59. The number of anilines is 2. The van der Waals surface area contributed by atoms with Crippen molar-refractivity contribution in [2.75, 3.05) is 17.2 Å². The molecule has 1 aliphatic carbocycles. The molecule has 1 heterocycles. The SMILES string of the molecule is CCOC(=O)c1c(NC(=O)C2CC2)sc(C(=O)Nc2ccccc2F)c1C. The molecule has 142 valence electrons. The molecule has 1 aromatic heterocycles. The molecule has 1 saturated carbocycles. The second kappa shape index (κ2) is 7.87. The molecule has 2 aromatic rings. The van der Waals surface area contributed by atoms with Gasteiger partial charge in [0, 0.05) is 5.92 Å². The molecule has 0 radical (unpaired) electrons. The van der Waals surface area contributed by atoms with Crippen LogP contribution in [0.5, 0.6) is 0 Å². The van der Waals surface area contributed by atoms with E-state index in [9.17, 15) is 18.8 Å². The number of halogens is 1. The summed E-state index contributed by atoms with van der Waals surface area (Å²) in [5.74, 6) is -1.96. The number of carbonyl (C=O) groups is 3. The molecule has 8 heteroatoms. The van der Waals surface area contributed by atoms with Crippen molar-refractivity contribution in [3.8, 4) is 0 Å². The number of ether oxygens (including phenoxy) is 1. The largest absolute Gasteiger partial charge is 0.462 e. The molecule has 0 unspecified atom stereocenters. The van der Waals surface area contributed by atoms with Gasteiger partial charge in [-0.25, -0.2) is 9.18 Å². The summed E-state index contributed by atoms with van der Waals surface area (Å²) >= 11 is 0.980. The topological polar surface area (TPSA) is 84.5 Å². The van der Waals surface area contributed by atoms with Crippen molar-refractivity contribution in [1.29, 1.82) is 0 Å². The van der Waals surface area contributed by atoms with E-state index in [1.165, 1.54) is 18.2 Å². The van der Waals surface area contributed by atoms with E-state index in [1.54, 1.807) is 19.9 Å². The normalized spacial score (nSPS) is 13.1. The number of carbonyl (C=O) groups excluding carboxylic acids is 3. The van der Waals surface area contributed by atoms with Crippen LogP contribution in [0, 0.1) is 18.7 Å². The van der Waals surface area contributed by atoms with Crippen molar-refractivity contribution in [2.24, 2.45) is 5.92 Å². The Kier molecular flexibility index (Phi) is 5.55. The first-order chi connectivity index (χ1) is 12.9. The van der Waals surface area contributed by atoms with Crippen molar-refractivity contribution < 1.29 is 23.5 Å². The van der Waals surface area contributed by atoms with E-state index in [1.807, 2.05) is 0 Å². The average molecular weight is 390 g/mol. The first kappa shape index (κ1) is 19.0. The van der Waals surface area contributed by atoms with E-state index in [4.69, 9.17) is 4.74 Å². The van der Waals surface area contributed by atoms with Gasteiger partial charge in [-0.05, 0) is 44.4 Å². The number of thiophene rings is 1. The number of esters is 1. The van der Waals surface area contributed by atoms with E-state index in [-0.39, 0.29) is 39.6 Å². The summed E-state index contributed by atoms with van der Waals surface area (Å²) < 4.78 is 18.9. The Balaban J connectivity index is 1.92. The maximum Gasteiger partial charge on any atom is 0.341 e. The molecular weight excluding hydrogens is 371 g/mol. The molecule has 27 heavy (non-hydrogen) atoms. The van der Waals surface area contributed by atoms with Crippen LogP contribution in [-0.4, -0.2) is 24.4 Å². The third kappa shape index (κ3) is 4.16. The number of rotatable bonds is 6. The Hall–Kier alpha value is -2.74. The minimum Gasteiger partial charge on any atom is -0.462 e. The quantitative estimate of drug-likeness (QED) is 0.731. The zero-order valence-corrected chi connectivity index (χ0v) is 15.7. The maximum absolute atomic E-state index is 13.8. The Morgan fingerprint density at radius 3 is 2.56 bits per heavy atom. The summed E-state index contributed by atoms with van der Waals surface area (Å²) in [5.41, 5.74) is 0.587. The highest BCUT2D eigenvalue weighted by atomic mass is 32.1. The lowest BCUT2D eigenvalue weighted by atomic mass is 10.1. The van der Waals surface area contributed by atoms with Gasteiger partial charge < -0.3 is 15.4 Å². The predicted molar refractivity (Wildman–Crippen MR) is 101 cm³/mol. The summed E-state index contributed by atoms with van der Waals surface area (Å²) in [7, 11) is 0. The maximum atomic E-state index is 13.8. The summed E-state index contributed by atoms with van der Waals surface area (Å²) in [5, 5.41) is 5.51.